The number of ether oxygens (including phenoxy) is 3. The summed E-state index contributed by atoms with van der Waals surface area (Å²) < 4.78 is 15.3. The highest BCUT2D eigenvalue weighted by Crippen LogP contribution is 2.37. The Morgan fingerprint density at radius 1 is 1.14 bits per heavy atom. The van der Waals surface area contributed by atoms with Gasteiger partial charge in [0.25, 0.3) is 11.6 Å². The zero-order chi connectivity index (χ0) is 20.1. The molecule has 1 aliphatic heterocycles. The molecule has 1 heterocycles. The van der Waals surface area contributed by atoms with Crippen LogP contribution in [-0.2, 0) is 4.79 Å². The first-order chi connectivity index (χ1) is 13.5. The number of nitro groups is 2. The maximum Gasteiger partial charge on any atom is 0.310 e. The second kappa shape index (κ2) is 7.99. The zero-order valence-corrected chi connectivity index (χ0v) is 14.1. The van der Waals surface area contributed by atoms with Gasteiger partial charge in [-0.15, -0.1) is 0 Å². The molecule has 0 aromatic heterocycles. The Balaban J connectivity index is 1.63. The Bertz CT molecular complexity index is 975. The normalized spacial score (nSPS) is 12.0. The zero-order valence-electron chi connectivity index (χ0n) is 14.1. The van der Waals surface area contributed by atoms with Crippen molar-refractivity contribution in [2.24, 2.45) is 5.10 Å². The first-order valence-corrected chi connectivity index (χ1v) is 7.72. The quantitative estimate of drug-likeness (QED) is 0.427. The third-order valence-electron chi connectivity index (χ3n) is 3.53. The molecule has 28 heavy (non-hydrogen) atoms. The number of para-hydroxylation sites is 2. The fourth-order valence-corrected chi connectivity index (χ4v) is 2.29. The van der Waals surface area contributed by atoms with Crippen molar-refractivity contribution in [3.63, 3.8) is 0 Å². The van der Waals surface area contributed by atoms with Crippen molar-refractivity contribution < 1.29 is 28.9 Å². The molecular weight excluding hydrogens is 376 g/mol. The number of carbonyl (C=O) groups is 1. The number of nitrogens with one attached hydrogen (secondary N) is 1. The summed E-state index contributed by atoms with van der Waals surface area (Å²) in [5.74, 6) is -0.223. The van der Waals surface area contributed by atoms with Crippen LogP contribution < -0.4 is 19.6 Å². The van der Waals surface area contributed by atoms with Gasteiger partial charge in [0, 0.05) is 6.07 Å². The lowest BCUT2D eigenvalue weighted by Crippen LogP contribution is -2.24. The average Bonchev–Trinajstić information content (AvgIpc) is 3.13. The topological polar surface area (TPSA) is 155 Å². The van der Waals surface area contributed by atoms with Crippen LogP contribution in [-0.4, -0.2) is 35.4 Å². The number of fused-ring (bicyclic) bond motifs is 1. The molecule has 12 nitrogen and oxygen atoms in total. The number of hydrazone groups is 1. The number of hydrogen-bond acceptors (Lipinski definition) is 9. The minimum absolute atomic E-state index is 0.0488. The average molecular weight is 388 g/mol. The van der Waals surface area contributed by atoms with Gasteiger partial charge in [0.15, 0.2) is 23.9 Å². The fraction of sp³-hybridized carbons (Fsp3) is 0.125. The Morgan fingerprint density at radius 3 is 2.54 bits per heavy atom. The molecule has 1 amide bonds. The second-order valence-electron chi connectivity index (χ2n) is 5.33. The summed E-state index contributed by atoms with van der Waals surface area (Å²) in [5.41, 5.74) is 1.65. The van der Waals surface area contributed by atoms with Crippen molar-refractivity contribution in [3.8, 4) is 17.2 Å². The van der Waals surface area contributed by atoms with Crippen molar-refractivity contribution in [1.82, 2.24) is 5.43 Å². The molecule has 12 heteroatoms. The Kier molecular flexibility index (Phi) is 5.30. The van der Waals surface area contributed by atoms with Crippen LogP contribution in [0.1, 0.15) is 5.56 Å². The van der Waals surface area contributed by atoms with Crippen LogP contribution in [0.2, 0.25) is 0 Å². The van der Waals surface area contributed by atoms with E-state index in [2.05, 4.69) is 10.5 Å². The van der Waals surface area contributed by atoms with Crippen LogP contribution in [0.4, 0.5) is 11.4 Å². The Hall–Kier alpha value is -4.22. The fourth-order valence-electron chi connectivity index (χ4n) is 2.29. The molecule has 1 aliphatic rings. The second-order valence-corrected chi connectivity index (χ2v) is 5.33. The minimum Gasteiger partial charge on any atom is -0.477 e. The Morgan fingerprint density at radius 2 is 1.82 bits per heavy atom. The molecule has 0 aliphatic carbocycles. The number of amides is 1. The molecule has 0 fully saturated rings. The van der Waals surface area contributed by atoms with Gasteiger partial charge in [-0.25, -0.2) is 5.43 Å². The van der Waals surface area contributed by atoms with Gasteiger partial charge in [-0.3, -0.25) is 25.0 Å². The smallest absolute Gasteiger partial charge is 0.310 e. The highest BCUT2D eigenvalue weighted by molar-refractivity contribution is 5.88. The molecule has 0 radical (unpaired) electrons. The predicted octanol–water partition coefficient (Wildman–Crippen LogP) is 1.76. The summed E-state index contributed by atoms with van der Waals surface area (Å²) in [7, 11) is 0. The molecule has 0 saturated carbocycles. The maximum atomic E-state index is 11.8. The van der Waals surface area contributed by atoms with E-state index < -0.39 is 22.4 Å². The van der Waals surface area contributed by atoms with E-state index in [9.17, 15) is 25.0 Å². The molecule has 1 N–H and O–H groups in total. The van der Waals surface area contributed by atoms with Crippen LogP contribution in [0.3, 0.4) is 0 Å². The number of nitrogens with zero attached hydrogens (tertiary/aromatic N) is 3. The van der Waals surface area contributed by atoms with E-state index in [1.165, 1.54) is 36.4 Å². The van der Waals surface area contributed by atoms with Crippen LogP contribution in [0.25, 0.3) is 0 Å². The maximum absolute atomic E-state index is 11.8. The monoisotopic (exact) mass is 388 g/mol. The molecule has 2 aromatic carbocycles. The standard InChI is InChI=1S/C16H12N4O8/c21-16(8-26-13-4-2-1-3-11(13)19(22)23)18-17-7-10-5-14-15(28-9-27-14)6-12(10)20(24)25/h1-7H,8-9H2,(H,18,21)/b17-7-. The SMILES string of the molecule is O=C(COc1ccccc1[N+](=O)[O-])N/N=C\c1cc2c(cc1[N+](=O)[O-])OCO2. The number of rotatable bonds is 7. The van der Waals surface area contributed by atoms with Gasteiger partial charge in [-0.2, -0.15) is 5.10 Å². The van der Waals surface area contributed by atoms with E-state index >= 15 is 0 Å². The summed E-state index contributed by atoms with van der Waals surface area (Å²) in [4.78, 5) is 32.6. The van der Waals surface area contributed by atoms with Crippen molar-refractivity contribution in [2.45, 2.75) is 0 Å². The van der Waals surface area contributed by atoms with E-state index in [4.69, 9.17) is 14.2 Å². The Labute approximate surface area is 156 Å². The molecule has 0 spiro atoms. The summed E-state index contributed by atoms with van der Waals surface area (Å²) in [6.07, 6.45) is 1.07. The van der Waals surface area contributed by atoms with Gasteiger partial charge in [0.1, 0.15) is 0 Å². The minimum atomic E-state index is -0.710. The van der Waals surface area contributed by atoms with Crippen molar-refractivity contribution >= 4 is 23.5 Å². The molecular formula is C16H12N4O8. The van der Waals surface area contributed by atoms with Crippen LogP contribution in [0.5, 0.6) is 17.2 Å². The third-order valence-corrected chi connectivity index (χ3v) is 3.53. The molecule has 0 unspecified atom stereocenters. The van der Waals surface area contributed by atoms with Gasteiger partial charge in [0.05, 0.1) is 27.7 Å². The molecule has 144 valence electrons. The lowest BCUT2D eigenvalue weighted by Gasteiger charge is -2.05. The van der Waals surface area contributed by atoms with Crippen molar-refractivity contribution in [2.75, 3.05) is 13.4 Å². The van der Waals surface area contributed by atoms with Gasteiger partial charge in [-0.1, -0.05) is 12.1 Å². The summed E-state index contributed by atoms with van der Waals surface area (Å²) in [5, 5.41) is 25.7. The first-order valence-electron chi connectivity index (χ1n) is 7.72. The predicted molar refractivity (Wildman–Crippen MR) is 93.5 cm³/mol. The van der Waals surface area contributed by atoms with E-state index in [0.717, 1.165) is 6.21 Å². The molecule has 2 aromatic rings. The molecule has 3 rings (SSSR count). The number of carbonyl (C=O) groups excluding carboxylic acids is 1. The van der Waals surface area contributed by atoms with E-state index in [0.29, 0.717) is 5.75 Å². The molecule has 0 saturated heterocycles. The van der Waals surface area contributed by atoms with Gasteiger partial charge in [-0.05, 0) is 12.1 Å². The number of nitro benzene ring substituents is 2. The molecule has 0 atom stereocenters. The van der Waals surface area contributed by atoms with Crippen LogP contribution >= 0.6 is 0 Å². The van der Waals surface area contributed by atoms with Gasteiger partial charge < -0.3 is 14.2 Å². The summed E-state index contributed by atoms with van der Waals surface area (Å²) >= 11 is 0. The van der Waals surface area contributed by atoms with Gasteiger partial charge >= 0.3 is 5.69 Å². The highest BCUT2D eigenvalue weighted by atomic mass is 16.7. The van der Waals surface area contributed by atoms with E-state index in [-0.39, 0.29) is 35.2 Å². The number of hydrogen-bond donors (Lipinski definition) is 1. The van der Waals surface area contributed by atoms with Crippen molar-refractivity contribution in [3.05, 3.63) is 62.2 Å². The van der Waals surface area contributed by atoms with Gasteiger partial charge in [0.2, 0.25) is 6.79 Å². The highest BCUT2D eigenvalue weighted by Gasteiger charge is 2.22. The van der Waals surface area contributed by atoms with Crippen LogP contribution in [0, 0.1) is 20.2 Å². The van der Waals surface area contributed by atoms with Crippen LogP contribution in [0.15, 0.2) is 41.5 Å². The number of benzene rings is 2. The van der Waals surface area contributed by atoms with Crippen molar-refractivity contribution in [1.29, 1.82) is 0 Å². The summed E-state index contributed by atoms with van der Waals surface area (Å²) in [6.45, 7) is -0.585. The molecule has 0 bridgehead atoms. The van der Waals surface area contributed by atoms with E-state index in [1.54, 1.807) is 0 Å². The lowest BCUT2D eigenvalue weighted by atomic mass is 10.1. The first kappa shape index (κ1) is 18.6. The third kappa shape index (κ3) is 4.12. The van der Waals surface area contributed by atoms with E-state index in [1.807, 2.05) is 0 Å². The summed E-state index contributed by atoms with van der Waals surface area (Å²) in [6, 6.07) is 8.14. The largest absolute Gasteiger partial charge is 0.477 e. The lowest BCUT2D eigenvalue weighted by molar-refractivity contribution is -0.385.